The Balaban J connectivity index is 1.53. The molecule has 1 aromatic carbocycles. The molecule has 1 N–H and O–H groups in total. The van der Waals surface area contributed by atoms with Crippen molar-refractivity contribution >= 4 is 9.84 Å². The van der Waals surface area contributed by atoms with Crippen molar-refractivity contribution in [2.75, 3.05) is 12.4 Å². The fourth-order valence-corrected chi connectivity index (χ4v) is 5.22. The monoisotopic (exact) mass is 446 g/mol. The molecule has 0 radical (unpaired) electrons. The second-order valence-electron chi connectivity index (χ2n) is 8.93. The molecule has 168 valence electrons. The van der Waals surface area contributed by atoms with E-state index in [1.54, 1.807) is 24.3 Å². The van der Waals surface area contributed by atoms with Crippen LogP contribution in [0.25, 0.3) is 0 Å². The number of ether oxygens (including phenoxy) is 1. The second kappa shape index (κ2) is 9.68. The standard InChI is InChI=1S/C23H30N2O5S/c1-23(2,12-4-3-5-13-25-14-11-21(26)24-22(25)27)17-31(28,29)20-8-6-7-19(15-20)30-16-18-9-10-18/h3,5-8,11,14-15,18H,4,9-10,12-13,16-17H2,1-2H3,(H,24,26,27)/b5-3+. The number of rotatable bonds is 11. The highest BCUT2D eigenvalue weighted by atomic mass is 32.2. The van der Waals surface area contributed by atoms with Crippen LogP contribution in [0.1, 0.15) is 39.5 Å². The average molecular weight is 447 g/mol. The molecule has 1 fully saturated rings. The summed E-state index contributed by atoms with van der Waals surface area (Å²) >= 11 is 0. The summed E-state index contributed by atoms with van der Waals surface area (Å²) in [6.45, 7) is 4.88. The molecule has 1 saturated carbocycles. The first kappa shape index (κ1) is 23.1. The predicted octanol–water partition coefficient (Wildman–Crippen LogP) is 3.16. The third kappa shape index (κ3) is 7.24. The third-order valence-corrected chi connectivity index (χ3v) is 7.42. The predicted molar refractivity (Wildman–Crippen MR) is 120 cm³/mol. The van der Waals surface area contributed by atoms with Gasteiger partial charge in [0.1, 0.15) is 5.75 Å². The summed E-state index contributed by atoms with van der Waals surface area (Å²) in [6, 6.07) is 8.07. The van der Waals surface area contributed by atoms with Gasteiger partial charge in [0, 0.05) is 18.8 Å². The molecular formula is C23H30N2O5S. The Morgan fingerprint density at radius 1 is 1.19 bits per heavy atom. The lowest BCUT2D eigenvalue weighted by molar-refractivity contribution is 0.299. The van der Waals surface area contributed by atoms with E-state index < -0.39 is 26.5 Å². The summed E-state index contributed by atoms with van der Waals surface area (Å²) in [6.07, 6.45) is 8.95. The topological polar surface area (TPSA) is 98.2 Å². The van der Waals surface area contributed by atoms with Crippen molar-refractivity contribution in [3.63, 3.8) is 0 Å². The average Bonchev–Trinajstić information content (AvgIpc) is 3.51. The molecule has 7 nitrogen and oxygen atoms in total. The van der Waals surface area contributed by atoms with Gasteiger partial charge in [0.25, 0.3) is 5.56 Å². The molecule has 0 unspecified atom stereocenters. The Kier molecular flexibility index (Phi) is 7.20. The van der Waals surface area contributed by atoms with Gasteiger partial charge in [0.05, 0.1) is 17.3 Å². The van der Waals surface area contributed by atoms with Crippen LogP contribution in [-0.2, 0) is 16.4 Å². The summed E-state index contributed by atoms with van der Waals surface area (Å²) in [5, 5.41) is 0. The van der Waals surface area contributed by atoms with Gasteiger partial charge in [-0.1, -0.05) is 32.1 Å². The first-order chi connectivity index (χ1) is 14.6. The highest BCUT2D eigenvalue weighted by Crippen LogP contribution is 2.31. The lowest BCUT2D eigenvalue weighted by atomic mass is 9.90. The Bertz CT molecular complexity index is 1140. The number of hydrogen-bond donors (Lipinski definition) is 1. The normalized spacial score (nSPS) is 14.8. The summed E-state index contributed by atoms with van der Waals surface area (Å²) in [5.74, 6) is 1.25. The lowest BCUT2D eigenvalue weighted by Crippen LogP contribution is -2.28. The Labute approximate surface area is 182 Å². The molecule has 3 rings (SSSR count). The van der Waals surface area contributed by atoms with Gasteiger partial charge >= 0.3 is 5.69 Å². The van der Waals surface area contributed by atoms with Crippen LogP contribution in [-0.4, -0.2) is 30.3 Å². The first-order valence-electron chi connectivity index (χ1n) is 10.6. The number of nitrogens with zero attached hydrogens (tertiary/aromatic N) is 1. The minimum atomic E-state index is -3.44. The van der Waals surface area contributed by atoms with Crippen LogP contribution in [0.2, 0.25) is 0 Å². The zero-order valence-electron chi connectivity index (χ0n) is 18.0. The number of benzene rings is 1. The summed E-state index contributed by atoms with van der Waals surface area (Å²) in [4.78, 5) is 25.2. The molecule has 0 saturated heterocycles. The van der Waals surface area contributed by atoms with E-state index in [-0.39, 0.29) is 5.75 Å². The molecule has 0 amide bonds. The number of sulfone groups is 1. The van der Waals surface area contributed by atoms with E-state index in [1.165, 1.54) is 29.7 Å². The van der Waals surface area contributed by atoms with Crippen molar-refractivity contribution in [2.45, 2.75) is 51.0 Å². The van der Waals surface area contributed by atoms with E-state index in [4.69, 9.17) is 4.74 Å². The van der Waals surface area contributed by atoms with Crippen LogP contribution in [0.5, 0.6) is 5.75 Å². The van der Waals surface area contributed by atoms with Crippen LogP contribution in [0, 0.1) is 11.3 Å². The van der Waals surface area contributed by atoms with Gasteiger partial charge in [-0.05, 0) is 55.2 Å². The Hall–Kier alpha value is -2.61. The van der Waals surface area contributed by atoms with E-state index >= 15 is 0 Å². The lowest BCUT2D eigenvalue weighted by Gasteiger charge is -2.24. The van der Waals surface area contributed by atoms with Gasteiger partial charge in [-0.25, -0.2) is 13.2 Å². The van der Waals surface area contributed by atoms with Gasteiger partial charge in [-0.3, -0.25) is 14.3 Å². The maximum atomic E-state index is 12.9. The van der Waals surface area contributed by atoms with Gasteiger partial charge in [-0.15, -0.1) is 0 Å². The number of H-pyrrole nitrogens is 1. The van der Waals surface area contributed by atoms with Gasteiger partial charge < -0.3 is 4.74 Å². The summed E-state index contributed by atoms with van der Waals surface area (Å²) in [5.41, 5.74) is -1.29. The largest absolute Gasteiger partial charge is 0.493 e. The van der Waals surface area contributed by atoms with E-state index in [1.807, 2.05) is 26.0 Å². The fraction of sp³-hybridized carbons (Fsp3) is 0.478. The van der Waals surface area contributed by atoms with Crippen LogP contribution >= 0.6 is 0 Å². The van der Waals surface area contributed by atoms with Crippen molar-refractivity contribution in [1.82, 2.24) is 9.55 Å². The summed E-state index contributed by atoms with van der Waals surface area (Å²) < 4.78 is 33.0. The van der Waals surface area contributed by atoms with E-state index in [2.05, 4.69) is 4.98 Å². The minimum absolute atomic E-state index is 0.0410. The minimum Gasteiger partial charge on any atom is -0.493 e. The van der Waals surface area contributed by atoms with E-state index in [9.17, 15) is 18.0 Å². The molecule has 1 aliphatic rings. The molecule has 0 spiro atoms. The van der Waals surface area contributed by atoms with Crippen LogP contribution < -0.4 is 16.0 Å². The number of aromatic nitrogens is 2. The molecular weight excluding hydrogens is 416 g/mol. The second-order valence-corrected chi connectivity index (χ2v) is 10.9. The zero-order chi connectivity index (χ0) is 22.5. The Morgan fingerprint density at radius 2 is 1.97 bits per heavy atom. The first-order valence-corrected chi connectivity index (χ1v) is 12.2. The molecule has 0 atom stereocenters. The van der Waals surface area contributed by atoms with Crippen LogP contribution in [0.3, 0.4) is 0 Å². The van der Waals surface area contributed by atoms with E-state index in [0.717, 1.165) is 0 Å². The number of allylic oxidation sites excluding steroid dienone is 2. The molecule has 1 aliphatic carbocycles. The smallest absolute Gasteiger partial charge is 0.328 e. The number of hydrogen-bond acceptors (Lipinski definition) is 5. The maximum Gasteiger partial charge on any atom is 0.328 e. The molecule has 8 heteroatoms. The van der Waals surface area contributed by atoms with Crippen molar-refractivity contribution in [3.05, 3.63) is 69.5 Å². The SMILES string of the molecule is CC(C)(CC/C=C/Cn1ccc(=O)[nH]c1=O)CS(=O)(=O)c1cccc(OCC2CC2)c1. The highest BCUT2D eigenvalue weighted by Gasteiger charge is 2.27. The molecule has 2 aromatic rings. The molecule has 31 heavy (non-hydrogen) atoms. The molecule has 1 aromatic heterocycles. The van der Waals surface area contributed by atoms with Gasteiger partial charge in [-0.2, -0.15) is 0 Å². The van der Waals surface area contributed by atoms with Crippen molar-refractivity contribution in [2.24, 2.45) is 11.3 Å². The fourth-order valence-electron chi connectivity index (χ4n) is 3.29. The molecule has 1 heterocycles. The van der Waals surface area contributed by atoms with Gasteiger partial charge in [0.2, 0.25) is 0 Å². The van der Waals surface area contributed by atoms with Crippen LogP contribution in [0.4, 0.5) is 0 Å². The maximum absolute atomic E-state index is 12.9. The highest BCUT2D eigenvalue weighted by molar-refractivity contribution is 7.91. The molecule has 0 aliphatic heterocycles. The van der Waals surface area contributed by atoms with Crippen molar-refractivity contribution < 1.29 is 13.2 Å². The van der Waals surface area contributed by atoms with Crippen molar-refractivity contribution in [1.29, 1.82) is 0 Å². The number of aromatic amines is 1. The zero-order valence-corrected chi connectivity index (χ0v) is 18.9. The van der Waals surface area contributed by atoms with Gasteiger partial charge in [0.15, 0.2) is 9.84 Å². The van der Waals surface area contributed by atoms with Crippen molar-refractivity contribution in [3.8, 4) is 5.75 Å². The van der Waals surface area contributed by atoms with E-state index in [0.29, 0.717) is 42.6 Å². The Morgan fingerprint density at radius 3 is 2.68 bits per heavy atom. The van der Waals surface area contributed by atoms with Crippen LogP contribution in [0.15, 0.2) is 63.2 Å². The third-order valence-electron chi connectivity index (χ3n) is 5.28. The summed E-state index contributed by atoms with van der Waals surface area (Å²) in [7, 11) is -3.44. The number of nitrogens with one attached hydrogen (secondary N) is 1. The quantitative estimate of drug-likeness (QED) is 0.535. The molecule has 0 bridgehead atoms.